The fraction of sp³-hybridized carbons (Fsp3) is 0.550. The van der Waals surface area contributed by atoms with E-state index in [9.17, 15) is 14.4 Å². The highest BCUT2D eigenvalue weighted by molar-refractivity contribution is 6.00. The number of rotatable bonds is 4. The number of anilines is 1. The van der Waals surface area contributed by atoms with Gasteiger partial charge >= 0.3 is 5.97 Å². The van der Waals surface area contributed by atoms with Crippen LogP contribution in [0.15, 0.2) is 24.3 Å². The standard InChI is InChI=1S/C20H27N3O4.ClH/c1-27-20(26)17-10-3-5-12-23(17)19(25)14-7-6-8-15(13-14)22-18(24)16-9-2-4-11-21-16;/h6-8,13,16-17,21H,2-5,9-12H2,1H3,(H,22,24);1H. The number of nitrogens with zero attached hydrogens (tertiary/aromatic N) is 1. The van der Waals surface area contributed by atoms with E-state index in [-0.39, 0.29) is 36.2 Å². The number of likely N-dealkylation sites (tertiary alicyclic amines) is 1. The molecule has 2 aliphatic rings. The van der Waals surface area contributed by atoms with E-state index in [2.05, 4.69) is 10.6 Å². The van der Waals surface area contributed by atoms with Crippen LogP contribution in [0.2, 0.25) is 0 Å². The molecular weight excluding hydrogens is 382 g/mol. The Labute approximate surface area is 171 Å². The lowest BCUT2D eigenvalue weighted by atomic mass is 10.0. The maximum atomic E-state index is 13.0. The van der Waals surface area contributed by atoms with Crippen molar-refractivity contribution in [2.45, 2.75) is 50.6 Å². The van der Waals surface area contributed by atoms with Crippen LogP contribution in [0.4, 0.5) is 5.69 Å². The molecule has 8 heteroatoms. The zero-order valence-corrected chi connectivity index (χ0v) is 16.9. The number of carbonyl (C=O) groups excluding carboxylic acids is 3. The molecule has 2 aliphatic heterocycles. The first kappa shape index (κ1) is 22.2. The van der Waals surface area contributed by atoms with E-state index in [0.29, 0.717) is 24.2 Å². The zero-order chi connectivity index (χ0) is 19.2. The smallest absolute Gasteiger partial charge is 0.328 e. The van der Waals surface area contributed by atoms with E-state index < -0.39 is 6.04 Å². The minimum absolute atomic E-state index is 0. The molecule has 28 heavy (non-hydrogen) atoms. The predicted octanol–water partition coefficient (Wildman–Crippen LogP) is 2.36. The predicted molar refractivity (Wildman–Crippen MR) is 109 cm³/mol. The molecule has 0 spiro atoms. The topological polar surface area (TPSA) is 87.7 Å². The molecule has 154 valence electrons. The molecule has 1 aromatic rings. The normalized spacial score (nSPS) is 22.0. The fourth-order valence-electron chi connectivity index (χ4n) is 3.76. The lowest BCUT2D eigenvalue weighted by molar-refractivity contribution is -0.147. The Morgan fingerprint density at radius 3 is 2.64 bits per heavy atom. The lowest BCUT2D eigenvalue weighted by Crippen LogP contribution is -2.48. The summed E-state index contributed by atoms with van der Waals surface area (Å²) in [7, 11) is 1.34. The van der Waals surface area contributed by atoms with Crippen molar-refractivity contribution in [1.29, 1.82) is 0 Å². The second-order valence-electron chi connectivity index (χ2n) is 7.11. The molecule has 2 N–H and O–H groups in total. The number of piperidine rings is 2. The number of hydrogen-bond donors (Lipinski definition) is 2. The van der Waals surface area contributed by atoms with Crippen LogP contribution in [0, 0.1) is 0 Å². The third-order valence-electron chi connectivity index (χ3n) is 5.24. The summed E-state index contributed by atoms with van der Waals surface area (Å²) in [5.41, 5.74) is 1.05. The Kier molecular flexibility index (Phi) is 8.26. The van der Waals surface area contributed by atoms with E-state index in [4.69, 9.17) is 4.74 Å². The van der Waals surface area contributed by atoms with Crippen molar-refractivity contribution in [1.82, 2.24) is 10.2 Å². The Balaban J connectivity index is 0.00000280. The fourth-order valence-corrected chi connectivity index (χ4v) is 3.76. The maximum absolute atomic E-state index is 13.0. The average Bonchev–Trinajstić information content (AvgIpc) is 2.73. The molecule has 2 unspecified atom stereocenters. The summed E-state index contributed by atoms with van der Waals surface area (Å²) in [5, 5.41) is 6.11. The third-order valence-corrected chi connectivity index (χ3v) is 5.24. The van der Waals surface area contributed by atoms with Crippen molar-refractivity contribution in [3.63, 3.8) is 0 Å². The summed E-state index contributed by atoms with van der Waals surface area (Å²) in [6.07, 6.45) is 5.32. The van der Waals surface area contributed by atoms with Crippen LogP contribution in [-0.2, 0) is 14.3 Å². The number of amides is 2. The Morgan fingerprint density at radius 2 is 1.93 bits per heavy atom. The molecular formula is C20H28ClN3O4. The van der Waals surface area contributed by atoms with Crippen molar-refractivity contribution in [2.24, 2.45) is 0 Å². The molecule has 0 aliphatic carbocycles. The van der Waals surface area contributed by atoms with Gasteiger partial charge in [-0.25, -0.2) is 4.79 Å². The molecule has 0 aromatic heterocycles. The number of ether oxygens (including phenoxy) is 1. The molecule has 7 nitrogen and oxygen atoms in total. The molecule has 2 heterocycles. The Morgan fingerprint density at radius 1 is 1.14 bits per heavy atom. The second-order valence-corrected chi connectivity index (χ2v) is 7.11. The molecule has 3 rings (SSSR count). The van der Waals surface area contributed by atoms with E-state index in [0.717, 1.165) is 38.6 Å². The number of halogens is 1. The van der Waals surface area contributed by atoms with Gasteiger partial charge in [-0.15, -0.1) is 12.4 Å². The van der Waals surface area contributed by atoms with E-state index in [1.54, 1.807) is 29.2 Å². The minimum Gasteiger partial charge on any atom is -0.467 e. The van der Waals surface area contributed by atoms with E-state index in [1.165, 1.54) is 7.11 Å². The van der Waals surface area contributed by atoms with Crippen LogP contribution in [0.1, 0.15) is 48.9 Å². The lowest BCUT2D eigenvalue weighted by Gasteiger charge is -2.33. The van der Waals surface area contributed by atoms with Gasteiger partial charge in [0.1, 0.15) is 6.04 Å². The minimum atomic E-state index is -0.541. The number of methoxy groups -OCH3 is 1. The van der Waals surface area contributed by atoms with Crippen LogP contribution in [0.5, 0.6) is 0 Å². The van der Waals surface area contributed by atoms with Gasteiger partial charge in [0, 0.05) is 17.8 Å². The number of nitrogens with one attached hydrogen (secondary N) is 2. The van der Waals surface area contributed by atoms with Crippen molar-refractivity contribution in [2.75, 3.05) is 25.5 Å². The van der Waals surface area contributed by atoms with E-state index >= 15 is 0 Å². The van der Waals surface area contributed by atoms with Gasteiger partial charge in [-0.05, 0) is 56.8 Å². The summed E-state index contributed by atoms with van der Waals surface area (Å²) in [6.45, 7) is 1.38. The largest absolute Gasteiger partial charge is 0.467 e. The summed E-state index contributed by atoms with van der Waals surface area (Å²) in [4.78, 5) is 39.0. The molecule has 2 amide bonds. The van der Waals surface area contributed by atoms with Crippen LogP contribution in [-0.4, -0.2) is 55.0 Å². The zero-order valence-electron chi connectivity index (χ0n) is 16.1. The highest BCUT2D eigenvalue weighted by atomic mass is 35.5. The van der Waals surface area contributed by atoms with Crippen molar-refractivity contribution in [3.05, 3.63) is 29.8 Å². The second kappa shape index (κ2) is 10.4. The van der Waals surface area contributed by atoms with Crippen LogP contribution in [0.3, 0.4) is 0 Å². The van der Waals surface area contributed by atoms with Gasteiger partial charge in [-0.3, -0.25) is 9.59 Å². The number of esters is 1. The first-order chi connectivity index (χ1) is 13.1. The van der Waals surface area contributed by atoms with Crippen molar-refractivity contribution in [3.8, 4) is 0 Å². The van der Waals surface area contributed by atoms with Crippen molar-refractivity contribution < 1.29 is 19.1 Å². The van der Waals surface area contributed by atoms with Gasteiger partial charge in [-0.2, -0.15) is 0 Å². The van der Waals surface area contributed by atoms with Gasteiger partial charge in [-0.1, -0.05) is 12.5 Å². The summed E-state index contributed by atoms with van der Waals surface area (Å²) in [6, 6.07) is 6.16. The molecule has 0 bridgehead atoms. The van der Waals surface area contributed by atoms with Gasteiger partial charge in [0.05, 0.1) is 13.2 Å². The molecule has 1 aromatic carbocycles. The molecule has 2 fully saturated rings. The first-order valence-electron chi connectivity index (χ1n) is 9.63. The maximum Gasteiger partial charge on any atom is 0.328 e. The summed E-state index contributed by atoms with van der Waals surface area (Å²) < 4.78 is 4.85. The third kappa shape index (κ3) is 5.23. The Bertz CT molecular complexity index is 706. The van der Waals surface area contributed by atoms with Gasteiger partial charge < -0.3 is 20.3 Å². The number of hydrogen-bond acceptors (Lipinski definition) is 5. The molecule has 2 atom stereocenters. The SMILES string of the molecule is COC(=O)C1CCCCN1C(=O)c1cccc(NC(=O)C2CCCCN2)c1.Cl. The summed E-state index contributed by atoms with van der Waals surface area (Å²) >= 11 is 0. The molecule has 2 saturated heterocycles. The number of benzene rings is 1. The van der Waals surface area contributed by atoms with Gasteiger partial charge in [0.15, 0.2) is 0 Å². The van der Waals surface area contributed by atoms with Gasteiger partial charge in [0.25, 0.3) is 5.91 Å². The van der Waals surface area contributed by atoms with Crippen LogP contribution in [0.25, 0.3) is 0 Å². The first-order valence-corrected chi connectivity index (χ1v) is 9.63. The van der Waals surface area contributed by atoms with E-state index in [1.807, 2.05) is 0 Å². The highest BCUT2D eigenvalue weighted by Crippen LogP contribution is 2.22. The van der Waals surface area contributed by atoms with Crippen LogP contribution >= 0.6 is 12.4 Å². The monoisotopic (exact) mass is 409 g/mol. The highest BCUT2D eigenvalue weighted by Gasteiger charge is 2.33. The summed E-state index contributed by atoms with van der Waals surface area (Å²) in [5.74, 6) is -0.669. The Hall–Kier alpha value is -2.12. The number of carbonyl (C=O) groups is 3. The molecule has 0 radical (unpaired) electrons. The van der Waals surface area contributed by atoms with Gasteiger partial charge in [0.2, 0.25) is 5.91 Å². The van der Waals surface area contributed by atoms with Crippen LogP contribution < -0.4 is 10.6 Å². The average molecular weight is 410 g/mol. The quantitative estimate of drug-likeness (QED) is 0.745. The van der Waals surface area contributed by atoms with Crippen molar-refractivity contribution >= 4 is 35.9 Å². The molecule has 0 saturated carbocycles.